The molecule has 4 nitrogen and oxygen atoms in total. The van der Waals surface area contributed by atoms with E-state index in [4.69, 9.17) is 10.00 Å². The first kappa shape index (κ1) is 9.20. The molecule has 1 N–H and O–H groups in total. The summed E-state index contributed by atoms with van der Waals surface area (Å²) in [6.45, 7) is 0.188. The van der Waals surface area contributed by atoms with Gasteiger partial charge in [-0.05, 0) is 17.7 Å². The highest BCUT2D eigenvalue weighted by atomic mass is 16.5. The van der Waals surface area contributed by atoms with Gasteiger partial charge in [-0.3, -0.25) is 0 Å². The largest absolute Gasteiger partial charge is 0.504 e. The molecule has 13 heavy (non-hydrogen) atoms. The molecule has 4 heteroatoms. The van der Waals surface area contributed by atoms with E-state index < -0.39 is 0 Å². The number of rotatable bonds is 3. The molecule has 1 rings (SSSR count). The fraction of sp³-hybridized carbons (Fsp3) is 0.222. The summed E-state index contributed by atoms with van der Waals surface area (Å²) in [6.07, 6.45) is 1.56. The maximum atomic E-state index is 9.23. The van der Waals surface area contributed by atoms with Crippen LogP contribution in [-0.4, -0.2) is 12.2 Å². The zero-order valence-corrected chi connectivity index (χ0v) is 7.15. The van der Waals surface area contributed by atoms with Crippen LogP contribution >= 0.6 is 0 Å². The van der Waals surface area contributed by atoms with E-state index in [0.29, 0.717) is 5.75 Å². The van der Waals surface area contributed by atoms with Gasteiger partial charge in [0, 0.05) is 0 Å². The van der Waals surface area contributed by atoms with Crippen molar-refractivity contribution in [3.05, 3.63) is 23.8 Å². The molecule has 0 aliphatic rings. The van der Waals surface area contributed by atoms with Gasteiger partial charge in [-0.15, -0.1) is 0 Å². The van der Waals surface area contributed by atoms with Crippen molar-refractivity contribution in [1.29, 1.82) is 5.26 Å². The topological polar surface area (TPSA) is 62.5 Å². The van der Waals surface area contributed by atoms with E-state index in [9.17, 15) is 5.11 Å². The highest BCUT2D eigenvalue weighted by Crippen LogP contribution is 2.26. The Morgan fingerprint density at radius 3 is 2.92 bits per heavy atom. The van der Waals surface area contributed by atoms with Crippen LogP contribution in [0.3, 0.4) is 0 Å². The lowest BCUT2D eigenvalue weighted by atomic mass is 10.2. The second kappa shape index (κ2) is 4.21. The van der Waals surface area contributed by atoms with Crippen molar-refractivity contribution in [3.63, 3.8) is 0 Å². The van der Waals surface area contributed by atoms with Crippen LogP contribution in [0.1, 0.15) is 5.56 Å². The second-order valence-corrected chi connectivity index (χ2v) is 2.39. The number of phenolic OH excluding ortho intramolecular Hbond substituents is 1. The van der Waals surface area contributed by atoms with E-state index in [2.05, 4.69) is 4.74 Å². The third-order valence-electron chi connectivity index (χ3n) is 1.55. The van der Waals surface area contributed by atoms with Gasteiger partial charge in [-0.25, -0.2) is 0 Å². The minimum atomic E-state index is 0.0724. The molecule has 0 unspecified atom stereocenters. The van der Waals surface area contributed by atoms with Gasteiger partial charge in [0.25, 0.3) is 6.26 Å². The normalized spacial score (nSPS) is 8.92. The molecule has 0 atom stereocenters. The summed E-state index contributed by atoms with van der Waals surface area (Å²) in [6, 6.07) is 4.77. The first-order valence-electron chi connectivity index (χ1n) is 3.64. The van der Waals surface area contributed by atoms with Gasteiger partial charge in [0.05, 0.1) is 7.11 Å². The van der Waals surface area contributed by atoms with Crippen molar-refractivity contribution in [2.45, 2.75) is 6.61 Å². The van der Waals surface area contributed by atoms with Gasteiger partial charge in [0.2, 0.25) is 0 Å². The molecule has 0 spiro atoms. The van der Waals surface area contributed by atoms with Crippen molar-refractivity contribution >= 4 is 0 Å². The van der Waals surface area contributed by atoms with Gasteiger partial charge >= 0.3 is 0 Å². The molecule has 0 bridgehead atoms. The molecule has 0 radical (unpaired) electrons. The van der Waals surface area contributed by atoms with Crippen LogP contribution in [0.2, 0.25) is 0 Å². The Morgan fingerprint density at radius 1 is 1.54 bits per heavy atom. The lowest BCUT2D eigenvalue weighted by Gasteiger charge is -2.04. The Morgan fingerprint density at radius 2 is 2.31 bits per heavy atom. The number of hydrogen-bond acceptors (Lipinski definition) is 4. The zero-order chi connectivity index (χ0) is 9.68. The van der Waals surface area contributed by atoms with Gasteiger partial charge in [0.1, 0.15) is 6.61 Å². The molecule has 0 saturated carbocycles. The average Bonchev–Trinajstić information content (AvgIpc) is 2.16. The number of nitriles is 1. The number of methoxy groups -OCH3 is 1. The summed E-state index contributed by atoms with van der Waals surface area (Å²) >= 11 is 0. The molecule has 0 aliphatic heterocycles. The summed E-state index contributed by atoms with van der Waals surface area (Å²) in [5, 5.41) is 17.4. The fourth-order valence-electron chi connectivity index (χ4n) is 0.927. The van der Waals surface area contributed by atoms with Crippen LogP contribution in [0.5, 0.6) is 11.5 Å². The fourth-order valence-corrected chi connectivity index (χ4v) is 0.927. The SMILES string of the molecule is COc1cc(COC#N)ccc1O. The lowest BCUT2D eigenvalue weighted by molar-refractivity contribution is 0.256. The zero-order valence-electron chi connectivity index (χ0n) is 7.15. The van der Waals surface area contributed by atoms with Crippen LogP contribution < -0.4 is 4.74 Å². The Labute approximate surface area is 75.9 Å². The standard InChI is InChI=1S/C9H9NO3/c1-12-9-4-7(5-13-6-10)2-3-8(9)11/h2-4,11H,5H2,1H3. The molecule has 0 heterocycles. The van der Waals surface area contributed by atoms with Crippen molar-refractivity contribution < 1.29 is 14.6 Å². The Bertz CT molecular complexity index is 330. The first-order valence-corrected chi connectivity index (χ1v) is 3.64. The quantitative estimate of drug-likeness (QED) is 0.712. The van der Waals surface area contributed by atoms with E-state index in [0.717, 1.165) is 5.56 Å². The molecule has 1 aromatic carbocycles. The van der Waals surface area contributed by atoms with Crippen LogP contribution in [0.25, 0.3) is 0 Å². The number of nitrogens with zero attached hydrogens (tertiary/aromatic N) is 1. The van der Waals surface area contributed by atoms with Gasteiger partial charge < -0.3 is 14.6 Å². The Hall–Kier alpha value is -1.89. The minimum absolute atomic E-state index is 0.0724. The summed E-state index contributed by atoms with van der Waals surface area (Å²) in [5.41, 5.74) is 0.774. The summed E-state index contributed by atoms with van der Waals surface area (Å²) < 4.78 is 9.40. The predicted octanol–water partition coefficient (Wildman–Crippen LogP) is 1.40. The van der Waals surface area contributed by atoms with Crippen molar-refractivity contribution in [3.8, 4) is 17.8 Å². The molecular formula is C9H9NO3. The van der Waals surface area contributed by atoms with E-state index in [-0.39, 0.29) is 12.4 Å². The minimum Gasteiger partial charge on any atom is -0.504 e. The van der Waals surface area contributed by atoms with E-state index in [1.54, 1.807) is 18.4 Å². The molecule has 0 saturated heterocycles. The van der Waals surface area contributed by atoms with Crippen molar-refractivity contribution in [1.82, 2.24) is 0 Å². The summed E-state index contributed by atoms with van der Waals surface area (Å²) in [7, 11) is 1.46. The molecule has 0 aromatic heterocycles. The lowest BCUT2D eigenvalue weighted by Crippen LogP contribution is -1.89. The average molecular weight is 179 g/mol. The molecule has 1 aromatic rings. The van der Waals surface area contributed by atoms with Gasteiger partial charge in [0.15, 0.2) is 11.5 Å². The van der Waals surface area contributed by atoms with Crippen molar-refractivity contribution in [2.24, 2.45) is 0 Å². The van der Waals surface area contributed by atoms with Gasteiger partial charge in [-0.2, -0.15) is 5.26 Å². The van der Waals surface area contributed by atoms with Crippen LogP contribution in [-0.2, 0) is 11.3 Å². The third kappa shape index (κ3) is 2.27. The highest BCUT2D eigenvalue weighted by molar-refractivity contribution is 5.41. The van der Waals surface area contributed by atoms with Crippen LogP contribution in [0.4, 0.5) is 0 Å². The molecule has 0 aliphatic carbocycles. The van der Waals surface area contributed by atoms with Crippen LogP contribution in [0, 0.1) is 11.5 Å². The second-order valence-electron chi connectivity index (χ2n) is 2.39. The monoisotopic (exact) mass is 179 g/mol. The number of benzene rings is 1. The van der Waals surface area contributed by atoms with Gasteiger partial charge in [-0.1, -0.05) is 6.07 Å². The molecule has 68 valence electrons. The Balaban J connectivity index is 2.81. The third-order valence-corrected chi connectivity index (χ3v) is 1.55. The van der Waals surface area contributed by atoms with E-state index in [1.165, 1.54) is 13.2 Å². The number of ether oxygens (including phenoxy) is 2. The molecule has 0 amide bonds. The summed E-state index contributed by atoms with van der Waals surface area (Å²) in [5.74, 6) is 0.447. The Kier molecular flexibility index (Phi) is 2.98. The smallest absolute Gasteiger partial charge is 0.286 e. The highest BCUT2D eigenvalue weighted by Gasteiger charge is 2.02. The van der Waals surface area contributed by atoms with Crippen molar-refractivity contribution in [2.75, 3.05) is 7.11 Å². The maximum absolute atomic E-state index is 9.23. The van der Waals surface area contributed by atoms with E-state index in [1.807, 2.05) is 0 Å². The molecule has 0 fully saturated rings. The molecular weight excluding hydrogens is 170 g/mol. The number of phenols is 1. The number of hydrogen-bond donors (Lipinski definition) is 1. The number of aromatic hydroxyl groups is 1. The van der Waals surface area contributed by atoms with E-state index >= 15 is 0 Å². The first-order chi connectivity index (χ1) is 6.27. The predicted molar refractivity (Wildman–Crippen MR) is 45.1 cm³/mol. The van der Waals surface area contributed by atoms with Crippen LogP contribution in [0.15, 0.2) is 18.2 Å². The summed E-state index contributed by atoms with van der Waals surface area (Å²) in [4.78, 5) is 0. The maximum Gasteiger partial charge on any atom is 0.286 e.